The van der Waals surface area contributed by atoms with Gasteiger partial charge in [-0.25, -0.2) is 4.79 Å². The van der Waals surface area contributed by atoms with E-state index < -0.39 is 0 Å². The molecular formula is C10H12O2. The van der Waals surface area contributed by atoms with Crippen molar-refractivity contribution >= 4 is 0 Å². The van der Waals surface area contributed by atoms with Crippen LogP contribution in [0, 0.1) is 5.92 Å². The third-order valence-electron chi connectivity index (χ3n) is 2.44. The number of hydrogen-bond donors (Lipinski definition) is 0. The van der Waals surface area contributed by atoms with E-state index in [2.05, 4.69) is 6.92 Å². The smallest absolute Gasteiger partial charge is 0.335 e. The molecule has 0 amide bonds. The summed E-state index contributed by atoms with van der Waals surface area (Å²) < 4.78 is 5.09. The van der Waals surface area contributed by atoms with Crippen molar-refractivity contribution in [1.29, 1.82) is 0 Å². The Kier molecular flexibility index (Phi) is 1.75. The first-order valence-electron chi connectivity index (χ1n) is 4.37. The van der Waals surface area contributed by atoms with Crippen molar-refractivity contribution in [2.75, 3.05) is 0 Å². The molecule has 2 rings (SSSR count). The van der Waals surface area contributed by atoms with Crippen LogP contribution >= 0.6 is 0 Å². The van der Waals surface area contributed by atoms with Gasteiger partial charge in [0.05, 0.1) is 0 Å². The van der Waals surface area contributed by atoms with E-state index in [0.29, 0.717) is 0 Å². The Hall–Kier alpha value is -1.05. The van der Waals surface area contributed by atoms with Crippen LogP contribution in [0.2, 0.25) is 0 Å². The molecule has 0 spiro atoms. The van der Waals surface area contributed by atoms with E-state index in [9.17, 15) is 4.79 Å². The molecule has 0 fully saturated rings. The minimum atomic E-state index is -0.219. The topological polar surface area (TPSA) is 30.2 Å². The van der Waals surface area contributed by atoms with Crippen molar-refractivity contribution in [1.82, 2.24) is 0 Å². The van der Waals surface area contributed by atoms with Crippen LogP contribution in [0.3, 0.4) is 0 Å². The highest BCUT2D eigenvalue weighted by molar-refractivity contribution is 5.19. The molecule has 0 aliphatic heterocycles. The minimum absolute atomic E-state index is 0.219. The minimum Gasteiger partial charge on any atom is -0.428 e. The molecule has 1 aromatic heterocycles. The Balaban J connectivity index is 2.43. The monoisotopic (exact) mass is 164 g/mol. The SMILES string of the molecule is CC1CCc2oc(=O)ccc2C1. The first kappa shape index (κ1) is 7.59. The van der Waals surface area contributed by atoms with Crippen LogP contribution in [0.5, 0.6) is 0 Å². The van der Waals surface area contributed by atoms with Crippen molar-refractivity contribution in [2.45, 2.75) is 26.2 Å². The fourth-order valence-electron chi connectivity index (χ4n) is 1.73. The van der Waals surface area contributed by atoms with Gasteiger partial charge in [-0.2, -0.15) is 0 Å². The summed E-state index contributed by atoms with van der Waals surface area (Å²) in [6.45, 7) is 2.23. The summed E-state index contributed by atoms with van der Waals surface area (Å²) >= 11 is 0. The van der Waals surface area contributed by atoms with Gasteiger partial charge in [-0.1, -0.05) is 6.92 Å². The maximum Gasteiger partial charge on any atom is 0.335 e. The zero-order valence-electron chi connectivity index (χ0n) is 7.17. The summed E-state index contributed by atoms with van der Waals surface area (Å²) in [4.78, 5) is 10.9. The molecule has 1 unspecified atom stereocenters. The van der Waals surface area contributed by atoms with Crippen molar-refractivity contribution in [3.8, 4) is 0 Å². The van der Waals surface area contributed by atoms with E-state index >= 15 is 0 Å². The van der Waals surface area contributed by atoms with Gasteiger partial charge in [-0.3, -0.25) is 0 Å². The first-order chi connectivity index (χ1) is 5.75. The highest BCUT2D eigenvalue weighted by atomic mass is 16.4. The summed E-state index contributed by atoms with van der Waals surface area (Å²) in [5.74, 6) is 1.63. The second kappa shape index (κ2) is 2.77. The zero-order chi connectivity index (χ0) is 8.55. The van der Waals surface area contributed by atoms with Gasteiger partial charge in [0.15, 0.2) is 0 Å². The molecule has 1 aliphatic rings. The van der Waals surface area contributed by atoms with Crippen molar-refractivity contribution in [2.24, 2.45) is 5.92 Å². The summed E-state index contributed by atoms with van der Waals surface area (Å²) in [6, 6.07) is 3.41. The Bertz CT molecular complexity index is 338. The van der Waals surface area contributed by atoms with Gasteiger partial charge in [0.25, 0.3) is 0 Å². The molecule has 0 radical (unpaired) electrons. The van der Waals surface area contributed by atoms with Gasteiger partial charge in [0, 0.05) is 12.5 Å². The Labute approximate surface area is 71.2 Å². The lowest BCUT2D eigenvalue weighted by atomic mass is 9.89. The summed E-state index contributed by atoms with van der Waals surface area (Å²) in [7, 11) is 0. The van der Waals surface area contributed by atoms with Gasteiger partial charge in [-0.15, -0.1) is 0 Å². The van der Waals surface area contributed by atoms with Crippen molar-refractivity contribution in [3.05, 3.63) is 33.9 Å². The van der Waals surface area contributed by atoms with Crippen LogP contribution in [-0.4, -0.2) is 0 Å². The van der Waals surface area contributed by atoms with Gasteiger partial charge >= 0.3 is 5.63 Å². The molecule has 1 aliphatic carbocycles. The Morgan fingerprint density at radius 1 is 1.50 bits per heavy atom. The second-order valence-corrected chi connectivity index (χ2v) is 3.55. The van der Waals surface area contributed by atoms with Crippen LogP contribution in [0.25, 0.3) is 0 Å². The predicted octanol–water partition coefficient (Wildman–Crippen LogP) is 1.76. The molecule has 1 aromatic rings. The Morgan fingerprint density at radius 3 is 3.17 bits per heavy atom. The first-order valence-corrected chi connectivity index (χ1v) is 4.37. The highest BCUT2D eigenvalue weighted by Crippen LogP contribution is 2.23. The molecule has 0 aromatic carbocycles. The largest absolute Gasteiger partial charge is 0.428 e. The van der Waals surface area contributed by atoms with Crippen LogP contribution in [0.4, 0.5) is 0 Å². The summed E-state index contributed by atoms with van der Waals surface area (Å²) in [6.07, 6.45) is 3.12. The lowest BCUT2D eigenvalue weighted by molar-refractivity contribution is 0.389. The van der Waals surface area contributed by atoms with E-state index in [1.807, 2.05) is 6.07 Å². The number of hydrogen-bond acceptors (Lipinski definition) is 2. The third kappa shape index (κ3) is 1.29. The lowest BCUT2D eigenvalue weighted by Gasteiger charge is -2.18. The van der Waals surface area contributed by atoms with E-state index in [4.69, 9.17) is 4.42 Å². The molecule has 0 saturated heterocycles. The maximum absolute atomic E-state index is 10.9. The van der Waals surface area contributed by atoms with Crippen molar-refractivity contribution in [3.63, 3.8) is 0 Å². The van der Waals surface area contributed by atoms with Gasteiger partial charge < -0.3 is 4.42 Å². The Morgan fingerprint density at radius 2 is 2.33 bits per heavy atom. The fraction of sp³-hybridized carbons (Fsp3) is 0.500. The normalized spacial score (nSPS) is 21.9. The maximum atomic E-state index is 10.9. The predicted molar refractivity (Wildman–Crippen MR) is 46.2 cm³/mol. The second-order valence-electron chi connectivity index (χ2n) is 3.55. The van der Waals surface area contributed by atoms with E-state index in [1.54, 1.807) is 0 Å². The van der Waals surface area contributed by atoms with Crippen molar-refractivity contribution < 1.29 is 4.42 Å². The van der Waals surface area contributed by atoms with Gasteiger partial charge in [0.2, 0.25) is 0 Å². The molecule has 0 saturated carbocycles. The molecule has 1 atom stereocenters. The van der Waals surface area contributed by atoms with Crippen LogP contribution < -0.4 is 5.63 Å². The standard InChI is InChI=1S/C10H12O2/c1-7-2-4-9-8(6-7)3-5-10(11)12-9/h3,5,7H,2,4,6H2,1H3. The molecule has 12 heavy (non-hydrogen) atoms. The van der Waals surface area contributed by atoms with Crippen LogP contribution in [-0.2, 0) is 12.8 Å². The van der Waals surface area contributed by atoms with E-state index in [1.165, 1.54) is 11.6 Å². The average molecular weight is 164 g/mol. The van der Waals surface area contributed by atoms with E-state index in [-0.39, 0.29) is 5.63 Å². The number of rotatable bonds is 0. The van der Waals surface area contributed by atoms with Gasteiger partial charge in [0.1, 0.15) is 5.76 Å². The number of fused-ring (bicyclic) bond motifs is 1. The molecular weight excluding hydrogens is 152 g/mol. The fourth-order valence-corrected chi connectivity index (χ4v) is 1.73. The zero-order valence-corrected chi connectivity index (χ0v) is 7.17. The summed E-state index contributed by atoms with van der Waals surface area (Å²) in [5, 5.41) is 0. The molecule has 0 N–H and O–H groups in total. The molecule has 2 heteroatoms. The van der Waals surface area contributed by atoms with Gasteiger partial charge in [-0.05, 0) is 30.4 Å². The molecule has 1 heterocycles. The average Bonchev–Trinajstić information content (AvgIpc) is 2.05. The highest BCUT2D eigenvalue weighted by Gasteiger charge is 2.16. The van der Waals surface area contributed by atoms with E-state index in [0.717, 1.165) is 30.9 Å². The van der Waals surface area contributed by atoms with Crippen LogP contribution in [0.1, 0.15) is 24.7 Å². The molecule has 0 bridgehead atoms. The lowest BCUT2D eigenvalue weighted by Crippen LogP contribution is -2.13. The quantitative estimate of drug-likeness (QED) is 0.585. The third-order valence-corrected chi connectivity index (χ3v) is 2.44. The summed E-state index contributed by atoms with van der Waals surface area (Å²) in [5.41, 5.74) is 0.997. The van der Waals surface area contributed by atoms with Crippen LogP contribution in [0.15, 0.2) is 21.3 Å². The molecule has 64 valence electrons. The number of aryl methyl sites for hydroxylation is 1. The molecule has 2 nitrogen and oxygen atoms in total.